The fourth-order valence-electron chi connectivity index (χ4n) is 4.44. The van der Waals surface area contributed by atoms with Gasteiger partial charge in [-0.3, -0.25) is 14.9 Å². The Balaban J connectivity index is 1.49. The number of nitrogen functional groups attached to an aromatic ring is 1. The molecule has 2 aliphatic rings. The van der Waals surface area contributed by atoms with Gasteiger partial charge in [-0.1, -0.05) is 35.5 Å². The minimum absolute atomic E-state index is 0.0336. The van der Waals surface area contributed by atoms with E-state index in [9.17, 15) is 14.4 Å². The third-order valence-corrected chi connectivity index (χ3v) is 6.12. The molecule has 0 saturated carbocycles. The number of urea groups is 1. The van der Waals surface area contributed by atoms with Crippen molar-refractivity contribution in [3.8, 4) is 16.9 Å². The number of ether oxygens (including phenoxy) is 1. The molecule has 2 aromatic carbocycles. The molecule has 0 spiro atoms. The lowest BCUT2D eigenvalue weighted by Crippen LogP contribution is -2.52. The van der Waals surface area contributed by atoms with Gasteiger partial charge in [-0.2, -0.15) is 0 Å². The van der Waals surface area contributed by atoms with Crippen molar-refractivity contribution in [3.05, 3.63) is 64.9 Å². The molecule has 10 heteroatoms. The van der Waals surface area contributed by atoms with Crippen LogP contribution in [0.1, 0.15) is 27.2 Å². The first kappa shape index (κ1) is 20.6. The Kier molecular flexibility index (Phi) is 4.59. The van der Waals surface area contributed by atoms with Crippen LogP contribution in [0.5, 0.6) is 5.75 Å². The Labute approximate surface area is 188 Å². The van der Waals surface area contributed by atoms with Crippen LogP contribution >= 0.6 is 0 Å². The fraction of sp³-hybridized carbons (Fsp3) is 0.217. The van der Waals surface area contributed by atoms with Gasteiger partial charge < -0.3 is 25.2 Å². The molecule has 1 fully saturated rings. The standard InChI is InChI=1S/C23H21N5O5/c1-12-18(19(24)27-33-12)13-3-6-15(7-4-13)23(21(30)25-22(31)26-23)11-28-10-14-5-8-16(32-2)9-17(14)20(28)29/h3-9H,10-11H2,1-2H3,(H2,24,27)(H2,25,26,30,31)/t23-/m0/s1. The van der Waals surface area contributed by atoms with E-state index in [1.807, 2.05) is 6.07 Å². The zero-order valence-corrected chi connectivity index (χ0v) is 18.0. The van der Waals surface area contributed by atoms with Crippen LogP contribution < -0.4 is 21.1 Å². The number of anilines is 1. The minimum atomic E-state index is -1.44. The molecular weight excluding hydrogens is 426 g/mol. The summed E-state index contributed by atoms with van der Waals surface area (Å²) in [6.45, 7) is 2.04. The minimum Gasteiger partial charge on any atom is -0.497 e. The van der Waals surface area contributed by atoms with Crippen LogP contribution in [0.15, 0.2) is 47.0 Å². The van der Waals surface area contributed by atoms with E-state index in [1.54, 1.807) is 48.2 Å². The Morgan fingerprint density at radius 3 is 2.55 bits per heavy atom. The smallest absolute Gasteiger partial charge is 0.322 e. The van der Waals surface area contributed by atoms with Gasteiger partial charge in [0.25, 0.3) is 11.8 Å². The molecule has 4 N–H and O–H groups in total. The molecule has 1 saturated heterocycles. The van der Waals surface area contributed by atoms with E-state index < -0.39 is 17.5 Å². The van der Waals surface area contributed by atoms with Crippen molar-refractivity contribution < 1.29 is 23.6 Å². The topological polar surface area (TPSA) is 140 Å². The normalized spacial score (nSPS) is 19.5. The van der Waals surface area contributed by atoms with Crippen LogP contribution in [-0.4, -0.2) is 41.6 Å². The van der Waals surface area contributed by atoms with Crippen LogP contribution in [0.25, 0.3) is 11.1 Å². The highest BCUT2D eigenvalue weighted by Gasteiger charge is 2.50. The number of nitrogens with two attached hydrogens (primary N) is 1. The third-order valence-electron chi connectivity index (χ3n) is 6.12. The number of hydrogen-bond donors (Lipinski definition) is 3. The maximum atomic E-state index is 13.1. The Morgan fingerprint density at radius 2 is 1.94 bits per heavy atom. The summed E-state index contributed by atoms with van der Waals surface area (Å²) < 4.78 is 10.4. The zero-order chi connectivity index (χ0) is 23.3. The first-order chi connectivity index (χ1) is 15.8. The number of fused-ring (bicyclic) bond motifs is 1. The summed E-state index contributed by atoms with van der Waals surface area (Å²) in [6.07, 6.45) is 0. The molecule has 1 aromatic heterocycles. The second kappa shape index (κ2) is 7.37. The van der Waals surface area contributed by atoms with Crippen molar-refractivity contribution in [2.45, 2.75) is 19.0 Å². The molecule has 10 nitrogen and oxygen atoms in total. The highest BCUT2D eigenvalue weighted by atomic mass is 16.5. The molecule has 2 aliphatic heterocycles. The molecule has 0 bridgehead atoms. The fourth-order valence-corrected chi connectivity index (χ4v) is 4.44. The number of imide groups is 1. The molecule has 4 amide bonds. The highest BCUT2D eigenvalue weighted by Crippen LogP contribution is 2.35. The van der Waals surface area contributed by atoms with Crippen LogP contribution in [0.3, 0.4) is 0 Å². The predicted molar refractivity (Wildman–Crippen MR) is 117 cm³/mol. The number of carbonyl (C=O) groups excluding carboxylic acids is 3. The second-order valence-electron chi connectivity index (χ2n) is 8.07. The second-order valence-corrected chi connectivity index (χ2v) is 8.07. The Morgan fingerprint density at radius 1 is 1.18 bits per heavy atom. The van der Waals surface area contributed by atoms with Gasteiger partial charge >= 0.3 is 6.03 Å². The number of aromatic nitrogens is 1. The summed E-state index contributed by atoms with van der Waals surface area (Å²) in [5.41, 5.74) is 7.76. The summed E-state index contributed by atoms with van der Waals surface area (Å²) in [5, 5.41) is 8.80. The average Bonchev–Trinajstić information content (AvgIpc) is 3.41. The number of nitrogens with zero attached hydrogens (tertiary/aromatic N) is 2. The molecule has 5 rings (SSSR count). The van der Waals surface area contributed by atoms with Crippen molar-refractivity contribution >= 4 is 23.7 Å². The van der Waals surface area contributed by atoms with Gasteiger partial charge in [-0.15, -0.1) is 0 Å². The maximum absolute atomic E-state index is 13.1. The van der Waals surface area contributed by atoms with Crippen LogP contribution in [0.2, 0.25) is 0 Å². The maximum Gasteiger partial charge on any atom is 0.322 e. The van der Waals surface area contributed by atoms with E-state index in [0.29, 0.717) is 34.7 Å². The number of hydrogen-bond acceptors (Lipinski definition) is 7. The summed E-state index contributed by atoms with van der Waals surface area (Å²) >= 11 is 0. The van der Waals surface area contributed by atoms with E-state index in [1.165, 1.54) is 7.11 Å². The first-order valence-corrected chi connectivity index (χ1v) is 10.2. The summed E-state index contributed by atoms with van der Waals surface area (Å²) in [7, 11) is 1.53. The number of aryl methyl sites for hydroxylation is 1. The summed E-state index contributed by atoms with van der Waals surface area (Å²) in [4.78, 5) is 39.8. The molecule has 168 valence electrons. The highest BCUT2D eigenvalue weighted by molar-refractivity contribution is 6.08. The van der Waals surface area contributed by atoms with Gasteiger partial charge in [0.15, 0.2) is 11.4 Å². The number of rotatable bonds is 5. The van der Waals surface area contributed by atoms with Crippen LogP contribution in [-0.2, 0) is 16.9 Å². The SMILES string of the molecule is COc1ccc2c(c1)C(=O)N(C[C@@]1(c3ccc(-c4c(N)noc4C)cc3)NC(=O)NC1=O)C2. The van der Waals surface area contributed by atoms with Crippen LogP contribution in [0, 0.1) is 6.92 Å². The Hall–Kier alpha value is -4.34. The van der Waals surface area contributed by atoms with E-state index >= 15 is 0 Å². The summed E-state index contributed by atoms with van der Waals surface area (Å²) in [6, 6.07) is 11.7. The average molecular weight is 447 g/mol. The molecule has 0 radical (unpaired) electrons. The number of carbonyl (C=O) groups is 3. The van der Waals surface area contributed by atoms with Gasteiger partial charge in [0.1, 0.15) is 11.5 Å². The third kappa shape index (κ3) is 3.18. The zero-order valence-electron chi connectivity index (χ0n) is 18.0. The molecule has 0 aliphatic carbocycles. The number of methoxy groups -OCH3 is 1. The van der Waals surface area contributed by atoms with Crippen LogP contribution in [0.4, 0.5) is 10.6 Å². The molecule has 3 aromatic rings. The largest absolute Gasteiger partial charge is 0.497 e. The lowest BCUT2D eigenvalue weighted by atomic mass is 9.88. The van der Waals surface area contributed by atoms with Gasteiger partial charge in [-0.05, 0) is 35.7 Å². The van der Waals surface area contributed by atoms with Crippen molar-refractivity contribution in [1.82, 2.24) is 20.7 Å². The predicted octanol–water partition coefficient (Wildman–Crippen LogP) is 1.93. The lowest BCUT2D eigenvalue weighted by Gasteiger charge is -2.31. The van der Waals surface area contributed by atoms with Gasteiger partial charge in [0.05, 0.1) is 19.2 Å². The molecule has 0 unspecified atom stereocenters. The van der Waals surface area contributed by atoms with E-state index in [2.05, 4.69) is 15.8 Å². The molecule has 1 atom stereocenters. The van der Waals surface area contributed by atoms with Crippen molar-refractivity contribution in [3.63, 3.8) is 0 Å². The van der Waals surface area contributed by atoms with E-state index in [0.717, 1.165) is 11.1 Å². The summed E-state index contributed by atoms with van der Waals surface area (Å²) in [5.74, 6) is 0.643. The van der Waals surface area contributed by atoms with E-state index in [-0.39, 0.29) is 18.3 Å². The van der Waals surface area contributed by atoms with Gasteiger partial charge in [0, 0.05) is 12.1 Å². The van der Waals surface area contributed by atoms with E-state index in [4.69, 9.17) is 15.0 Å². The first-order valence-electron chi connectivity index (χ1n) is 10.2. The van der Waals surface area contributed by atoms with Crippen molar-refractivity contribution in [1.29, 1.82) is 0 Å². The monoisotopic (exact) mass is 447 g/mol. The number of amides is 4. The van der Waals surface area contributed by atoms with Crippen molar-refractivity contribution in [2.75, 3.05) is 19.4 Å². The quantitative estimate of drug-likeness (QED) is 0.508. The van der Waals surface area contributed by atoms with Gasteiger partial charge in [0.2, 0.25) is 0 Å². The van der Waals surface area contributed by atoms with Gasteiger partial charge in [-0.25, -0.2) is 4.79 Å². The number of nitrogens with one attached hydrogen (secondary N) is 2. The van der Waals surface area contributed by atoms with Crippen molar-refractivity contribution in [2.24, 2.45) is 0 Å². The Bertz CT molecular complexity index is 1280. The lowest BCUT2D eigenvalue weighted by molar-refractivity contribution is -0.124. The molecule has 33 heavy (non-hydrogen) atoms. The molecular formula is C23H21N5O5. The number of benzene rings is 2. The molecule has 3 heterocycles.